The molecule has 0 saturated heterocycles. The third-order valence-corrected chi connectivity index (χ3v) is 2.62. The lowest BCUT2D eigenvalue weighted by molar-refractivity contribution is 0.234. The van der Waals surface area contributed by atoms with Gasteiger partial charge in [0.2, 0.25) is 0 Å². The van der Waals surface area contributed by atoms with Gasteiger partial charge in [-0.2, -0.15) is 0 Å². The fourth-order valence-corrected chi connectivity index (χ4v) is 1.40. The van der Waals surface area contributed by atoms with E-state index in [1.165, 1.54) is 0 Å². The van der Waals surface area contributed by atoms with E-state index in [-0.39, 0.29) is 12.6 Å². The number of hydrogen-bond acceptors (Lipinski definition) is 3. The molecule has 84 valence electrons. The van der Waals surface area contributed by atoms with Crippen molar-refractivity contribution in [2.45, 2.75) is 39.3 Å². The molecule has 2 unspecified atom stereocenters. The van der Waals surface area contributed by atoms with Crippen LogP contribution in [0.3, 0.4) is 0 Å². The molecule has 1 aromatic rings. The molecule has 3 heteroatoms. The van der Waals surface area contributed by atoms with Crippen LogP contribution in [-0.4, -0.2) is 22.7 Å². The highest BCUT2D eigenvalue weighted by Crippen LogP contribution is 2.12. The highest BCUT2D eigenvalue weighted by molar-refractivity contribution is 5.17. The van der Waals surface area contributed by atoms with Crippen molar-refractivity contribution in [3.05, 3.63) is 29.6 Å². The van der Waals surface area contributed by atoms with Crippen LogP contribution in [0.2, 0.25) is 0 Å². The van der Waals surface area contributed by atoms with E-state index < -0.39 is 0 Å². The van der Waals surface area contributed by atoms with Gasteiger partial charge in [0.05, 0.1) is 12.6 Å². The van der Waals surface area contributed by atoms with Crippen molar-refractivity contribution in [3.8, 4) is 0 Å². The number of aromatic nitrogens is 1. The zero-order chi connectivity index (χ0) is 11.3. The Morgan fingerprint density at radius 3 is 2.67 bits per heavy atom. The summed E-state index contributed by atoms with van der Waals surface area (Å²) in [6.45, 7) is 6.30. The molecule has 0 aromatic carbocycles. The van der Waals surface area contributed by atoms with Crippen LogP contribution in [0, 0.1) is 6.92 Å². The molecule has 0 bridgehead atoms. The maximum absolute atomic E-state index is 9.30. The maximum Gasteiger partial charge on any atom is 0.0627 e. The van der Waals surface area contributed by atoms with Crippen molar-refractivity contribution in [1.29, 1.82) is 0 Å². The van der Waals surface area contributed by atoms with Crippen molar-refractivity contribution < 1.29 is 5.11 Å². The van der Waals surface area contributed by atoms with E-state index in [1.807, 2.05) is 25.3 Å². The van der Waals surface area contributed by atoms with Crippen LogP contribution >= 0.6 is 0 Å². The van der Waals surface area contributed by atoms with E-state index in [0.717, 1.165) is 17.7 Å². The van der Waals surface area contributed by atoms with Gasteiger partial charge in [0.15, 0.2) is 0 Å². The molecule has 0 radical (unpaired) electrons. The van der Waals surface area contributed by atoms with E-state index in [4.69, 9.17) is 0 Å². The van der Waals surface area contributed by atoms with Crippen molar-refractivity contribution in [2.24, 2.45) is 0 Å². The highest BCUT2D eigenvalue weighted by atomic mass is 16.3. The van der Waals surface area contributed by atoms with Gasteiger partial charge in [-0.1, -0.05) is 13.0 Å². The predicted molar refractivity (Wildman–Crippen MR) is 61.7 cm³/mol. The first-order valence-corrected chi connectivity index (χ1v) is 5.46. The summed E-state index contributed by atoms with van der Waals surface area (Å²) < 4.78 is 0. The molecule has 2 N–H and O–H groups in total. The van der Waals surface area contributed by atoms with Gasteiger partial charge in [-0.3, -0.25) is 4.98 Å². The van der Waals surface area contributed by atoms with Crippen LogP contribution in [0.15, 0.2) is 18.3 Å². The van der Waals surface area contributed by atoms with E-state index in [9.17, 15) is 5.11 Å². The minimum atomic E-state index is -0.00644. The molecule has 1 aromatic heterocycles. The van der Waals surface area contributed by atoms with Crippen LogP contribution in [0.25, 0.3) is 0 Å². The van der Waals surface area contributed by atoms with Gasteiger partial charge in [0, 0.05) is 17.9 Å². The number of pyridine rings is 1. The summed E-state index contributed by atoms with van der Waals surface area (Å²) >= 11 is 0. The van der Waals surface area contributed by atoms with Crippen LogP contribution in [0.4, 0.5) is 0 Å². The first-order chi connectivity index (χ1) is 7.17. The second-order valence-electron chi connectivity index (χ2n) is 3.94. The Hall–Kier alpha value is -0.930. The number of aliphatic hydroxyl groups excluding tert-OH is 1. The largest absolute Gasteiger partial charge is 0.394 e. The number of aliphatic hydroxyl groups is 1. The molecule has 1 heterocycles. The van der Waals surface area contributed by atoms with E-state index in [0.29, 0.717) is 6.04 Å². The van der Waals surface area contributed by atoms with Gasteiger partial charge in [0.1, 0.15) is 0 Å². The monoisotopic (exact) mass is 208 g/mol. The van der Waals surface area contributed by atoms with Gasteiger partial charge in [-0.05, 0) is 31.9 Å². The van der Waals surface area contributed by atoms with Crippen LogP contribution < -0.4 is 5.32 Å². The molecule has 0 amide bonds. The van der Waals surface area contributed by atoms with Crippen molar-refractivity contribution in [1.82, 2.24) is 10.3 Å². The third-order valence-electron chi connectivity index (χ3n) is 2.62. The quantitative estimate of drug-likeness (QED) is 0.775. The highest BCUT2D eigenvalue weighted by Gasteiger charge is 2.12. The number of hydrogen-bond donors (Lipinski definition) is 2. The first-order valence-electron chi connectivity index (χ1n) is 5.46. The van der Waals surface area contributed by atoms with Gasteiger partial charge >= 0.3 is 0 Å². The fraction of sp³-hybridized carbons (Fsp3) is 0.583. The average Bonchev–Trinajstić information content (AvgIpc) is 2.27. The fourth-order valence-electron chi connectivity index (χ4n) is 1.40. The predicted octanol–water partition coefficient (Wildman–Crippen LogP) is 1.81. The zero-order valence-electron chi connectivity index (χ0n) is 9.70. The molecule has 2 atom stereocenters. The minimum Gasteiger partial charge on any atom is -0.394 e. The molecule has 1 rings (SSSR count). The molecule has 0 aliphatic carbocycles. The van der Waals surface area contributed by atoms with Crippen LogP contribution in [0.1, 0.15) is 37.6 Å². The Balaban J connectivity index is 2.69. The molecular weight excluding hydrogens is 188 g/mol. The van der Waals surface area contributed by atoms with Gasteiger partial charge in [-0.25, -0.2) is 0 Å². The molecule has 3 nitrogen and oxygen atoms in total. The Kier molecular flexibility index (Phi) is 4.72. The normalized spacial score (nSPS) is 14.9. The van der Waals surface area contributed by atoms with Crippen molar-refractivity contribution in [2.75, 3.05) is 6.61 Å². The first kappa shape index (κ1) is 12.1. The summed E-state index contributed by atoms with van der Waals surface area (Å²) in [4.78, 5) is 4.23. The Morgan fingerprint density at radius 2 is 2.20 bits per heavy atom. The Morgan fingerprint density at radius 1 is 1.47 bits per heavy atom. The summed E-state index contributed by atoms with van der Waals surface area (Å²) in [5.41, 5.74) is 2.04. The van der Waals surface area contributed by atoms with Gasteiger partial charge in [-0.15, -0.1) is 0 Å². The molecular formula is C12H20N2O. The number of nitrogens with zero attached hydrogens (tertiary/aromatic N) is 1. The second kappa shape index (κ2) is 5.83. The summed E-state index contributed by atoms with van der Waals surface area (Å²) in [7, 11) is 0. The van der Waals surface area contributed by atoms with Crippen molar-refractivity contribution >= 4 is 0 Å². The lowest BCUT2D eigenvalue weighted by Crippen LogP contribution is -2.32. The molecule has 0 spiro atoms. The molecule has 15 heavy (non-hydrogen) atoms. The summed E-state index contributed by atoms with van der Waals surface area (Å²) in [6.07, 6.45) is 2.88. The Bertz CT molecular complexity index is 284. The second-order valence-corrected chi connectivity index (χ2v) is 3.94. The molecule has 0 aliphatic heterocycles. The van der Waals surface area contributed by atoms with Gasteiger partial charge < -0.3 is 10.4 Å². The summed E-state index contributed by atoms with van der Waals surface area (Å²) in [5, 5.41) is 12.7. The topological polar surface area (TPSA) is 45.1 Å². The molecule has 0 fully saturated rings. The van der Waals surface area contributed by atoms with E-state index >= 15 is 0 Å². The third kappa shape index (κ3) is 3.61. The molecule has 0 saturated carbocycles. The number of rotatable bonds is 5. The molecule has 0 aliphatic rings. The lowest BCUT2D eigenvalue weighted by atomic mass is 10.1. The standard InChI is InChI=1S/C12H20N2O/c1-4-9(2)14-12(8-15)11-6-5-10(3)13-7-11/h5-7,9,12,14-15H,4,8H2,1-3H3. The summed E-state index contributed by atoms with van der Waals surface area (Å²) in [5.74, 6) is 0. The maximum atomic E-state index is 9.30. The number of nitrogens with one attached hydrogen (secondary N) is 1. The van der Waals surface area contributed by atoms with Gasteiger partial charge in [0.25, 0.3) is 0 Å². The van der Waals surface area contributed by atoms with E-state index in [2.05, 4.69) is 24.1 Å². The average molecular weight is 208 g/mol. The smallest absolute Gasteiger partial charge is 0.0627 e. The Labute approximate surface area is 91.5 Å². The van der Waals surface area contributed by atoms with E-state index in [1.54, 1.807) is 0 Å². The summed E-state index contributed by atoms with van der Waals surface area (Å²) in [6, 6.07) is 4.38. The van der Waals surface area contributed by atoms with Crippen LogP contribution in [-0.2, 0) is 0 Å². The SMILES string of the molecule is CCC(C)NC(CO)c1ccc(C)nc1. The van der Waals surface area contributed by atoms with Crippen LogP contribution in [0.5, 0.6) is 0 Å². The minimum absolute atomic E-state index is 0.00644. The number of aryl methyl sites for hydroxylation is 1. The lowest BCUT2D eigenvalue weighted by Gasteiger charge is -2.20. The van der Waals surface area contributed by atoms with Crippen molar-refractivity contribution in [3.63, 3.8) is 0 Å². The zero-order valence-corrected chi connectivity index (χ0v) is 9.70.